The number of fused-ring (bicyclic) bond motifs is 1. The Balaban J connectivity index is 1.41. The van der Waals surface area contributed by atoms with Crippen LogP contribution in [0.15, 0.2) is 36.4 Å². The molecule has 1 fully saturated rings. The van der Waals surface area contributed by atoms with Gasteiger partial charge in [0.05, 0.1) is 6.61 Å². The Labute approximate surface area is 212 Å². The minimum absolute atomic E-state index is 0.129. The van der Waals surface area contributed by atoms with Gasteiger partial charge in [0.1, 0.15) is 17.4 Å². The van der Waals surface area contributed by atoms with Gasteiger partial charge in [0.25, 0.3) is 0 Å². The van der Waals surface area contributed by atoms with Crippen LogP contribution in [-0.4, -0.2) is 30.4 Å². The highest BCUT2D eigenvalue weighted by Gasteiger charge is 2.26. The van der Waals surface area contributed by atoms with E-state index >= 15 is 0 Å². The van der Waals surface area contributed by atoms with Crippen molar-refractivity contribution in [2.45, 2.75) is 75.6 Å². The molecule has 2 aromatic carbocycles. The average Bonchev–Trinajstić information content (AvgIpc) is 2.82. The summed E-state index contributed by atoms with van der Waals surface area (Å²) in [6.45, 7) is 2.61. The van der Waals surface area contributed by atoms with Crippen molar-refractivity contribution in [1.82, 2.24) is 10.6 Å². The van der Waals surface area contributed by atoms with Crippen LogP contribution in [0.1, 0.15) is 68.2 Å². The van der Waals surface area contributed by atoms with Gasteiger partial charge in [-0.3, -0.25) is 4.79 Å². The van der Waals surface area contributed by atoms with E-state index in [4.69, 9.17) is 17.4 Å². The van der Waals surface area contributed by atoms with Gasteiger partial charge in [-0.15, -0.1) is 0 Å². The topological polar surface area (TPSA) is 50.4 Å². The lowest BCUT2D eigenvalue weighted by Gasteiger charge is -2.31. The summed E-state index contributed by atoms with van der Waals surface area (Å²) >= 11 is 4.76. The molecule has 0 radical (unpaired) electrons. The molecule has 1 heterocycles. The molecule has 0 spiro atoms. The van der Waals surface area contributed by atoms with E-state index in [2.05, 4.69) is 28.8 Å². The van der Waals surface area contributed by atoms with E-state index in [-0.39, 0.29) is 23.2 Å². The van der Waals surface area contributed by atoms with Gasteiger partial charge < -0.3 is 15.4 Å². The molecule has 0 bridgehead atoms. The van der Waals surface area contributed by atoms with Gasteiger partial charge in [-0.25, -0.2) is 8.78 Å². The molecule has 2 aliphatic rings. The Kier molecular flexibility index (Phi) is 9.06. The second kappa shape index (κ2) is 12.2. The van der Waals surface area contributed by atoms with Gasteiger partial charge in [-0.2, -0.15) is 12.6 Å². The summed E-state index contributed by atoms with van der Waals surface area (Å²) in [4.78, 5) is 11.8. The van der Waals surface area contributed by atoms with E-state index in [1.807, 2.05) is 0 Å². The molecule has 1 amide bonds. The molecule has 4 nitrogen and oxygen atoms in total. The highest BCUT2D eigenvalue weighted by molar-refractivity contribution is 7.81. The molecular weight excluding hydrogens is 466 g/mol. The van der Waals surface area contributed by atoms with E-state index in [0.717, 1.165) is 30.6 Å². The van der Waals surface area contributed by atoms with Gasteiger partial charge in [0, 0.05) is 48.9 Å². The maximum Gasteiger partial charge on any atom is 0.217 e. The third kappa shape index (κ3) is 7.43. The fraction of sp³-hybridized carbons (Fsp3) is 0.536. The van der Waals surface area contributed by atoms with Crippen LogP contribution in [0.3, 0.4) is 0 Å². The molecule has 2 N–H and O–H groups in total. The number of carbonyl (C=O) groups excluding carboxylic acids is 1. The minimum atomic E-state index is -0.627. The van der Waals surface area contributed by atoms with Crippen LogP contribution in [0.4, 0.5) is 8.78 Å². The SMILES string of the molecule is CC(=O)N[C@@H](Cc1cc(F)cc(F)c1)[C@H](S)CN[C@H]1CCOc2ccc(CC3CCCCC3)cc21. The summed E-state index contributed by atoms with van der Waals surface area (Å²) in [5, 5.41) is 6.27. The normalized spacial score (nSPS) is 19.9. The Bertz CT molecular complexity index is 992. The van der Waals surface area contributed by atoms with E-state index in [1.165, 1.54) is 62.3 Å². The number of amides is 1. The first-order valence-electron chi connectivity index (χ1n) is 12.8. The standard InChI is InChI=1S/C28H36F2N2O2S/c1-18(33)32-26(15-21-12-22(29)16-23(30)13-21)28(35)17-31-25-9-10-34-27-8-7-20(14-24(25)27)11-19-5-3-2-4-6-19/h7-8,12-14,16,19,25-26,28,31,35H,2-6,9-11,15,17H2,1H3,(H,32,33)/t25-,26-,28+/m0/s1. The number of hydrogen-bond donors (Lipinski definition) is 3. The van der Waals surface area contributed by atoms with Crippen LogP contribution < -0.4 is 15.4 Å². The van der Waals surface area contributed by atoms with Crippen molar-refractivity contribution in [3.8, 4) is 5.75 Å². The maximum atomic E-state index is 13.7. The molecule has 3 atom stereocenters. The molecule has 1 aliphatic heterocycles. The lowest BCUT2D eigenvalue weighted by atomic mass is 9.84. The lowest BCUT2D eigenvalue weighted by Crippen LogP contribution is -2.46. The van der Waals surface area contributed by atoms with Crippen LogP contribution in [-0.2, 0) is 17.6 Å². The lowest BCUT2D eigenvalue weighted by molar-refractivity contribution is -0.119. The third-order valence-corrected chi connectivity index (χ3v) is 7.71. The van der Waals surface area contributed by atoms with Crippen LogP contribution in [0.2, 0.25) is 0 Å². The van der Waals surface area contributed by atoms with Gasteiger partial charge in [-0.05, 0) is 48.1 Å². The van der Waals surface area contributed by atoms with Crippen molar-refractivity contribution in [3.05, 3.63) is 64.7 Å². The van der Waals surface area contributed by atoms with Crippen molar-refractivity contribution >= 4 is 18.5 Å². The Morgan fingerprint density at radius 2 is 1.80 bits per heavy atom. The summed E-state index contributed by atoms with van der Waals surface area (Å²) in [7, 11) is 0. The van der Waals surface area contributed by atoms with Crippen molar-refractivity contribution in [2.24, 2.45) is 5.92 Å². The van der Waals surface area contributed by atoms with Crippen molar-refractivity contribution < 1.29 is 18.3 Å². The van der Waals surface area contributed by atoms with Gasteiger partial charge >= 0.3 is 0 Å². The predicted molar refractivity (Wildman–Crippen MR) is 138 cm³/mol. The zero-order valence-electron chi connectivity index (χ0n) is 20.4. The highest BCUT2D eigenvalue weighted by atomic mass is 32.1. The number of thiol groups is 1. The number of nitrogens with one attached hydrogen (secondary N) is 2. The second-order valence-corrected chi connectivity index (χ2v) is 10.7. The Hall–Kier alpha value is -2.12. The van der Waals surface area contributed by atoms with Crippen molar-refractivity contribution in [1.29, 1.82) is 0 Å². The zero-order chi connectivity index (χ0) is 24.8. The molecule has 35 heavy (non-hydrogen) atoms. The first-order chi connectivity index (χ1) is 16.9. The van der Waals surface area contributed by atoms with Crippen LogP contribution in [0.5, 0.6) is 5.75 Å². The highest BCUT2D eigenvalue weighted by Crippen LogP contribution is 2.35. The van der Waals surface area contributed by atoms with E-state index in [9.17, 15) is 13.6 Å². The summed E-state index contributed by atoms with van der Waals surface area (Å²) < 4.78 is 33.3. The largest absolute Gasteiger partial charge is 0.493 e. The number of rotatable bonds is 9. The number of ether oxygens (including phenoxy) is 1. The molecule has 2 aromatic rings. The second-order valence-electron chi connectivity index (χ2n) is 10.0. The number of halogens is 2. The van der Waals surface area contributed by atoms with E-state index < -0.39 is 11.6 Å². The first-order valence-corrected chi connectivity index (χ1v) is 13.3. The molecule has 0 aromatic heterocycles. The van der Waals surface area contributed by atoms with E-state index in [1.54, 1.807) is 0 Å². The number of hydrogen-bond acceptors (Lipinski definition) is 4. The smallest absolute Gasteiger partial charge is 0.217 e. The van der Waals surface area contributed by atoms with Crippen LogP contribution in [0, 0.1) is 17.6 Å². The molecule has 0 saturated heterocycles. The monoisotopic (exact) mass is 502 g/mol. The van der Waals surface area contributed by atoms with Gasteiger partial charge in [-0.1, -0.05) is 44.2 Å². The average molecular weight is 503 g/mol. The predicted octanol–water partition coefficient (Wildman–Crippen LogP) is 5.55. The molecule has 1 saturated carbocycles. The number of carbonyl (C=O) groups is 1. The summed E-state index contributed by atoms with van der Waals surface area (Å²) in [6, 6.07) is 9.78. The molecule has 4 rings (SSSR count). The van der Waals surface area contributed by atoms with Gasteiger partial charge in [0.15, 0.2) is 0 Å². The molecule has 0 unspecified atom stereocenters. The zero-order valence-corrected chi connectivity index (χ0v) is 21.3. The number of benzene rings is 2. The van der Waals surface area contributed by atoms with Crippen molar-refractivity contribution in [3.63, 3.8) is 0 Å². The molecule has 7 heteroatoms. The van der Waals surface area contributed by atoms with E-state index in [0.29, 0.717) is 25.1 Å². The van der Waals surface area contributed by atoms with Crippen molar-refractivity contribution in [2.75, 3.05) is 13.2 Å². The maximum absolute atomic E-state index is 13.7. The fourth-order valence-corrected chi connectivity index (χ4v) is 5.73. The third-order valence-electron chi connectivity index (χ3n) is 7.17. The summed E-state index contributed by atoms with van der Waals surface area (Å²) in [5.41, 5.74) is 3.03. The van der Waals surface area contributed by atoms with Crippen LogP contribution >= 0.6 is 12.6 Å². The first kappa shape index (κ1) is 26.0. The minimum Gasteiger partial charge on any atom is -0.493 e. The molecule has 1 aliphatic carbocycles. The Morgan fingerprint density at radius 3 is 2.51 bits per heavy atom. The van der Waals surface area contributed by atoms with Crippen LogP contribution in [0.25, 0.3) is 0 Å². The Morgan fingerprint density at radius 1 is 1.06 bits per heavy atom. The molecule has 190 valence electrons. The van der Waals surface area contributed by atoms with Gasteiger partial charge in [0.2, 0.25) is 5.91 Å². The fourth-order valence-electron chi connectivity index (χ4n) is 5.44. The quantitative estimate of drug-likeness (QED) is 0.394. The molecular formula is C28H36F2N2O2S. The summed E-state index contributed by atoms with van der Waals surface area (Å²) in [6.07, 6.45) is 8.92. The summed E-state index contributed by atoms with van der Waals surface area (Å²) in [5.74, 6) is 0.238.